The Hall–Kier alpha value is -2.20. The molecular weight excluding hydrogens is 336 g/mol. The maximum absolute atomic E-state index is 12.1. The number of urea groups is 1. The third kappa shape index (κ3) is 6.50. The zero-order valence-corrected chi connectivity index (χ0v) is 14.8. The van der Waals surface area contributed by atoms with Crippen molar-refractivity contribution in [1.29, 1.82) is 0 Å². The number of aromatic nitrogens is 1. The fourth-order valence-corrected chi connectivity index (χ4v) is 3.01. The highest BCUT2D eigenvalue weighted by molar-refractivity contribution is 7.89. The van der Waals surface area contributed by atoms with Gasteiger partial charge in [-0.15, -0.1) is 0 Å². The van der Waals surface area contributed by atoms with Crippen molar-refractivity contribution in [3.63, 3.8) is 0 Å². The first-order valence-corrected chi connectivity index (χ1v) is 8.63. The lowest BCUT2D eigenvalue weighted by Gasteiger charge is -2.20. The number of rotatable bonds is 6. The maximum atomic E-state index is 12.1. The molecule has 0 saturated heterocycles. The van der Waals surface area contributed by atoms with Crippen LogP contribution in [0.15, 0.2) is 23.2 Å². The summed E-state index contributed by atoms with van der Waals surface area (Å²) in [5.41, 5.74) is -0.626. The molecule has 0 aliphatic rings. The second kappa shape index (κ2) is 7.58. The maximum Gasteiger partial charge on any atom is 0.322 e. The molecule has 1 aromatic rings. The molecule has 0 atom stereocenters. The number of carboxylic acid groups (broad SMARTS) is 1. The summed E-state index contributed by atoms with van der Waals surface area (Å²) in [6.07, 6.45) is 0.966. The van der Waals surface area contributed by atoms with Crippen molar-refractivity contribution >= 4 is 27.8 Å². The van der Waals surface area contributed by atoms with E-state index >= 15 is 0 Å². The van der Waals surface area contributed by atoms with Gasteiger partial charge in [0.15, 0.2) is 0 Å². The molecule has 0 spiro atoms. The molecule has 24 heavy (non-hydrogen) atoms. The highest BCUT2D eigenvalue weighted by Gasteiger charge is 2.22. The fourth-order valence-electron chi connectivity index (χ4n) is 1.65. The predicted octanol–water partition coefficient (Wildman–Crippen LogP) is 1.10. The topological polar surface area (TPSA) is 129 Å². The van der Waals surface area contributed by atoms with Gasteiger partial charge in [-0.1, -0.05) is 0 Å². The van der Waals surface area contributed by atoms with Gasteiger partial charge >= 0.3 is 12.0 Å². The summed E-state index contributed by atoms with van der Waals surface area (Å²) >= 11 is 0. The Balaban J connectivity index is 2.74. The minimum atomic E-state index is -3.70. The third-order valence-corrected chi connectivity index (χ3v) is 4.47. The first-order chi connectivity index (χ1) is 10.9. The predicted molar refractivity (Wildman–Crippen MR) is 88.2 cm³/mol. The van der Waals surface area contributed by atoms with E-state index in [1.54, 1.807) is 20.8 Å². The van der Waals surface area contributed by atoms with E-state index in [1.165, 1.54) is 24.1 Å². The van der Waals surface area contributed by atoms with Gasteiger partial charge in [0.05, 0.1) is 6.42 Å². The molecule has 10 heteroatoms. The van der Waals surface area contributed by atoms with Crippen LogP contribution >= 0.6 is 0 Å². The number of hydrogen-bond acceptors (Lipinski definition) is 5. The molecule has 0 aromatic carbocycles. The molecule has 0 aliphatic carbocycles. The number of nitrogens with one attached hydrogen (secondary N) is 2. The van der Waals surface area contributed by atoms with Crippen LogP contribution in [-0.4, -0.2) is 54.5 Å². The number of sulfonamides is 1. The van der Waals surface area contributed by atoms with Crippen LogP contribution < -0.4 is 10.0 Å². The second-order valence-electron chi connectivity index (χ2n) is 6.23. The van der Waals surface area contributed by atoms with E-state index in [0.29, 0.717) is 0 Å². The van der Waals surface area contributed by atoms with Gasteiger partial charge in [-0.3, -0.25) is 10.1 Å². The molecule has 0 aliphatic heterocycles. The number of hydrogen-bond donors (Lipinski definition) is 3. The molecule has 0 saturated carbocycles. The van der Waals surface area contributed by atoms with E-state index < -0.39 is 27.6 Å². The number of carbonyl (C=O) groups is 2. The van der Waals surface area contributed by atoms with Gasteiger partial charge in [-0.2, -0.15) is 0 Å². The summed E-state index contributed by atoms with van der Waals surface area (Å²) in [7, 11) is -2.25. The number of carboxylic acids is 1. The molecular formula is C14H22N4O5S. The molecule has 0 unspecified atom stereocenters. The highest BCUT2D eigenvalue weighted by Crippen LogP contribution is 2.14. The van der Waals surface area contributed by atoms with E-state index in [4.69, 9.17) is 5.11 Å². The lowest BCUT2D eigenvalue weighted by atomic mass is 10.1. The van der Waals surface area contributed by atoms with Crippen molar-refractivity contribution in [3.8, 4) is 0 Å². The standard InChI is InChI=1S/C14H22N4O5S/c1-14(2,3)17-24(22,23)10-5-6-11(15-9-10)16-13(21)18(4)8-7-12(19)20/h5-6,9,17H,7-8H2,1-4H3,(H,19,20)(H,15,16,21). The van der Waals surface area contributed by atoms with Crippen LogP contribution in [0.4, 0.5) is 10.6 Å². The summed E-state index contributed by atoms with van der Waals surface area (Å²) in [4.78, 5) is 27.4. The Bertz CT molecular complexity index is 695. The van der Waals surface area contributed by atoms with Gasteiger partial charge in [-0.05, 0) is 32.9 Å². The summed E-state index contributed by atoms with van der Waals surface area (Å²) in [5.74, 6) is -0.842. The van der Waals surface area contributed by atoms with Crippen molar-refractivity contribution in [3.05, 3.63) is 18.3 Å². The van der Waals surface area contributed by atoms with Crippen molar-refractivity contribution in [2.24, 2.45) is 0 Å². The Labute approximate surface area is 141 Å². The molecule has 2 amide bonds. The van der Waals surface area contributed by atoms with Crippen LogP contribution in [0.25, 0.3) is 0 Å². The molecule has 1 heterocycles. The van der Waals surface area contributed by atoms with Gasteiger partial charge in [0.2, 0.25) is 10.0 Å². The SMILES string of the molecule is CN(CCC(=O)O)C(=O)Nc1ccc(S(=O)(=O)NC(C)(C)C)cn1. The molecule has 3 N–H and O–H groups in total. The second-order valence-corrected chi connectivity index (χ2v) is 7.91. The number of anilines is 1. The van der Waals surface area contributed by atoms with E-state index in [2.05, 4.69) is 15.0 Å². The Morgan fingerprint density at radius 2 is 1.92 bits per heavy atom. The average Bonchev–Trinajstić information content (AvgIpc) is 2.42. The van der Waals surface area contributed by atoms with Crippen LogP contribution in [0.1, 0.15) is 27.2 Å². The molecule has 9 nitrogen and oxygen atoms in total. The van der Waals surface area contributed by atoms with E-state index in [-0.39, 0.29) is 23.7 Å². The zero-order chi connectivity index (χ0) is 18.5. The van der Waals surface area contributed by atoms with Crippen LogP contribution in [0.3, 0.4) is 0 Å². The summed E-state index contributed by atoms with van der Waals surface area (Å²) in [5, 5.41) is 11.0. The Morgan fingerprint density at radius 1 is 1.29 bits per heavy atom. The van der Waals surface area contributed by atoms with Crippen molar-refractivity contribution in [2.45, 2.75) is 37.6 Å². The molecule has 0 bridgehead atoms. The van der Waals surface area contributed by atoms with E-state index in [0.717, 1.165) is 6.20 Å². The highest BCUT2D eigenvalue weighted by atomic mass is 32.2. The fraction of sp³-hybridized carbons (Fsp3) is 0.500. The molecule has 1 rings (SSSR count). The molecule has 0 radical (unpaired) electrons. The molecule has 1 aromatic heterocycles. The third-order valence-electron chi connectivity index (χ3n) is 2.73. The van der Waals surface area contributed by atoms with Gasteiger partial charge < -0.3 is 10.0 Å². The van der Waals surface area contributed by atoms with Crippen molar-refractivity contribution < 1.29 is 23.1 Å². The van der Waals surface area contributed by atoms with Crippen LogP contribution in [0, 0.1) is 0 Å². The number of aliphatic carboxylic acids is 1. The lowest BCUT2D eigenvalue weighted by Crippen LogP contribution is -2.40. The van der Waals surface area contributed by atoms with Crippen LogP contribution in [0.2, 0.25) is 0 Å². The first-order valence-electron chi connectivity index (χ1n) is 7.15. The molecule has 134 valence electrons. The van der Waals surface area contributed by atoms with E-state index in [9.17, 15) is 18.0 Å². The zero-order valence-electron chi connectivity index (χ0n) is 14.0. The minimum absolute atomic E-state index is 0.0188. The Kier molecular flexibility index (Phi) is 6.27. The van der Waals surface area contributed by atoms with Gasteiger partial charge in [0.25, 0.3) is 0 Å². The van der Waals surface area contributed by atoms with E-state index in [1.807, 2.05) is 0 Å². The van der Waals surface area contributed by atoms with Gasteiger partial charge in [-0.25, -0.2) is 22.9 Å². The van der Waals surface area contributed by atoms with Crippen molar-refractivity contribution in [2.75, 3.05) is 18.9 Å². The number of nitrogens with zero attached hydrogens (tertiary/aromatic N) is 2. The number of carbonyl (C=O) groups excluding carboxylic acids is 1. The van der Waals surface area contributed by atoms with Crippen LogP contribution in [-0.2, 0) is 14.8 Å². The quantitative estimate of drug-likeness (QED) is 0.698. The summed E-state index contributed by atoms with van der Waals surface area (Å²) in [6, 6.07) is 2.15. The average molecular weight is 358 g/mol. The monoisotopic (exact) mass is 358 g/mol. The Morgan fingerprint density at radius 3 is 2.38 bits per heavy atom. The lowest BCUT2D eigenvalue weighted by molar-refractivity contribution is -0.137. The van der Waals surface area contributed by atoms with Crippen LogP contribution in [0.5, 0.6) is 0 Å². The largest absolute Gasteiger partial charge is 0.481 e. The molecule has 0 fully saturated rings. The van der Waals surface area contributed by atoms with Gasteiger partial charge in [0, 0.05) is 25.3 Å². The minimum Gasteiger partial charge on any atom is -0.481 e. The first kappa shape index (κ1) is 19.8. The summed E-state index contributed by atoms with van der Waals surface area (Å²) < 4.78 is 26.8. The summed E-state index contributed by atoms with van der Waals surface area (Å²) in [6.45, 7) is 5.21. The number of pyridine rings is 1. The van der Waals surface area contributed by atoms with Gasteiger partial charge in [0.1, 0.15) is 10.7 Å². The smallest absolute Gasteiger partial charge is 0.322 e. The van der Waals surface area contributed by atoms with Crippen molar-refractivity contribution in [1.82, 2.24) is 14.6 Å². The normalized spacial score (nSPS) is 11.8. The number of amides is 2.